The molecule has 1 aromatic carbocycles. The molecule has 0 saturated carbocycles. The lowest BCUT2D eigenvalue weighted by molar-refractivity contribution is 0.219. The van der Waals surface area contributed by atoms with Crippen LogP contribution in [0, 0.1) is 0 Å². The van der Waals surface area contributed by atoms with Gasteiger partial charge in [0.25, 0.3) is 0 Å². The Labute approximate surface area is 115 Å². The van der Waals surface area contributed by atoms with E-state index < -0.39 is 0 Å². The van der Waals surface area contributed by atoms with Gasteiger partial charge in [-0.15, -0.1) is 0 Å². The van der Waals surface area contributed by atoms with Gasteiger partial charge in [-0.05, 0) is 49.1 Å². The van der Waals surface area contributed by atoms with Crippen LogP contribution in [0.25, 0.3) is 0 Å². The molecule has 3 nitrogen and oxygen atoms in total. The third kappa shape index (κ3) is 4.00. The molecule has 0 saturated heterocycles. The summed E-state index contributed by atoms with van der Waals surface area (Å²) >= 11 is 0. The summed E-state index contributed by atoms with van der Waals surface area (Å²) in [4.78, 5) is 0. The molecule has 3 heteroatoms. The van der Waals surface area contributed by atoms with Gasteiger partial charge < -0.3 is 14.8 Å². The van der Waals surface area contributed by atoms with Gasteiger partial charge in [0.15, 0.2) is 0 Å². The van der Waals surface area contributed by atoms with Crippen LogP contribution in [-0.2, 0) is 11.2 Å². The normalized spacial score (nSPS) is 16.4. The number of nitrogens with one attached hydrogen (secondary N) is 1. The van der Waals surface area contributed by atoms with Crippen molar-refractivity contribution in [2.75, 3.05) is 20.3 Å². The first-order valence-electron chi connectivity index (χ1n) is 7.00. The van der Waals surface area contributed by atoms with Gasteiger partial charge in [0.1, 0.15) is 5.75 Å². The summed E-state index contributed by atoms with van der Waals surface area (Å²) in [5, 5.41) is 3.55. The fraction of sp³-hybridized carbons (Fsp3) is 0.500. The molecule has 1 atom stereocenters. The average Bonchev–Trinajstić information content (AvgIpc) is 2.48. The lowest BCUT2D eigenvalue weighted by Crippen LogP contribution is -2.33. The van der Waals surface area contributed by atoms with Crippen LogP contribution in [0.5, 0.6) is 5.75 Å². The van der Waals surface area contributed by atoms with Gasteiger partial charge in [0.2, 0.25) is 0 Å². The number of likely N-dealkylation sites (N-methyl/N-ethyl adjacent to an activating group) is 1. The summed E-state index contributed by atoms with van der Waals surface area (Å²) < 4.78 is 10.7. The molecule has 19 heavy (non-hydrogen) atoms. The maximum atomic E-state index is 5.47. The standard InChI is InChI=1S/C16H23NO2/c1-3-17-16(14-7-5-9-19-12-14)11-13-6-4-8-15(10-13)18-2/h4,6,8,10,12,16-17H,3,5,7,9,11H2,1-2H3. The topological polar surface area (TPSA) is 30.5 Å². The highest BCUT2D eigenvalue weighted by Gasteiger charge is 2.16. The molecule has 1 aromatic rings. The van der Waals surface area contributed by atoms with Gasteiger partial charge in [-0.3, -0.25) is 0 Å². The summed E-state index contributed by atoms with van der Waals surface area (Å²) in [5.41, 5.74) is 2.66. The zero-order chi connectivity index (χ0) is 13.5. The van der Waals surface area contributed by atoms with Crippen molar-refractivity contribution in [2.24, 2.45) is 0 Å². The highest BCUT2D eigenvalue weighted by atomic mass is 16.5. The maximum Gasteiger partial charge on any atom is 0.119 e. The van der Waals surface area contributed by atoms with Crippen molar-refractivity contribution in [3.8, 4) is 5.75 Å². The van der Waals surface area contributed by atoms with Crippen LogP contribution in [-0.4, -0.2) is 26.3 Å². The molecular formula is C16H23NO2. The Kier molecular flexibility index (Phi) is 5.28. The molecule has 104 valence electrons. The van der Waals surface area contributed by atoms with Crippen molar-refractivity contribution in [2.45, 2.75) is 32.2 Å². The lowest BCUT2D eigenvalue weighted by atomic mass is 9.95. The minimum atomic E-state index is 0.359. The van der Waals surface area contributed by atoms with Crippen molar-refractivity contribution in [1.29, 1.82) is 0 Å². The van der Waals surface area contributed by atoms with Crippen molar-refractivity contribution in [1.82, 2.24) is 5.32 Å². The fourth-order valence-corrected chi connectivity index (χ4v) is 2.46. The van der Waals surface area contributed by atoms with Crippen LogP contribution in [0.15, 0.2) is 36.1 Å². The lowest BCUT2D eigenvalue weighted by Gasteiger charge is -2.24. The Bertz CT molecular complexity index is 429. The summed E-state index contributed by atoms with van der Waals surface area (Å²) in [5.74, 6) is 0.918. The summed E-state index contributed by atoms with van der Waals surface area (Å²) in [6.45, 7) is 3.95. The minimum Gasteiger partial charge on any atom is -0.501 e. The van der Waals surface area contributed by atoms with E-state index >= 15 is 0 Å². The predicted molar refractivity (Wildman–Crippen MR) is 77.4 cm³/mol. The molecule has 0 radical (unpaired) electrons. The second-order valence-electron chi connectivity index (χ2n) is 4.83. The minimum absolute atomic E-state index is 0.359. The first kappa shape index (κ1) is 13.9. The van der Waals surface area contributed by atoms with E-state index in [1.165, 1.54) is 11.1 Å². The predicted octanol–water partition coefficient (Wildman–Crippen LogP) is 2.91. The highest BCUT2D eigenvalue weighted by Crippen LogP contribution is 2.21. The molecular weight excluding hydrogens is 238 g/mol. The molecule has 2 rings (SSSR count). The van der Waals surface area contributed by atoms with E-state index in [9.17, 15) is 0 Å². The summed E-state index contributed by atoms with van der Waals surface area (Å²) in [7, 11) is 1.71. The van der Waals surface area contributed by atoms with Crippen LogP contribution in [0.1, 0.15) is 25.3 Å². The zero-order valence-electron chi connectivity index (χ0n) is 11.8. The van der Waals surface area contributed by atoms with E-state index in [1.54, 1.807) is 7.11 Å². The van der Waals surface area contributed by atoms with E-state index in [0.717, 1.165) is 38.2 Å². The van der Waals surface area contributed by atoms with E-state index in [1.807, 2.05) is 18.4 Å². The van der Waals surface area contributed by atoms with Crippen LogP contribution >= 0.6 is 0 Å². The van der Waals surface area contributed by atoms with Crippen LogP contribution in [0.4, 0.5) is 0 Å². The molecule has 1 heterocycles. The van der Waals surface area contributed by atoms with Crippen LogP contribution in [0.2, 0.25) is 0 Å². The highest BCUT2D eigenvalue weighted by molar-refractivity contribution is 5.30. The van der Waals surface area contributed by atoms with Gasteiger partial charge in [-0.2, -0.15) is 0 Å². The molecule has 1 aliphatic heterocycles. The quantitative estimate of drug-likeness (QED) is 0.854. The van der Waals surface area contributed by atoms with Crippen LogP contribution < -0.4 is 10.1 Å². The number of benzene rings is 1. The van der Waals surface area contributed by atoms with Crippen molar-refractivity contribution >= 4 is 0 Å². The fourth-order valence-electron chi connectivity index (χ4n) is 2.46. The molecule has 1 aliphatic rings. The van der Waals surface area contributed by atoms with Crippen LogP contribution in [0.3, 0.4) is 0 Å². The average molecular weight is 261 g/mol. The number of ether oxygens (including phenoxy) is 2. The van der Waals surface area contributed by atoms with E-state index in [2.05, 4.69) is 24.4 Å². The second kappa shape index (κ2) is 7.19. The number of hydrogen-bond donors (Lipinski definition) is 1. The smallest absolute Gasteiger partial charge is 0.119 e. The van der Waals surface area contributed by atoms with Crippen molar-refractivity contribution in [3.63, 3.8) is 0 Å². The van der Waals surface area contributed by atoms with Gasteiger partial charge in [0.05, 0.1) is 20.0 Å². The SMILES string of the molecule is CCNC(Cc1cccc(OC)c1)C1=COCCC1. The molecule has 0 aliphatic carbocycles. The molecule has 0 fully saturated rings. The molecule has 0 bridgehead atoms. The van der Waals surface area contributed by atoms with Crippen molar-refractivity contribution < 1.29 is 9.47 Å². The maximum absolute atomic E-state index is 5.47. The Hall–Kier alpha value is -1.48. The third-order valence-electron chi connectivity index (χ3n) is 3.43. The Morgan fingerprint density at radius 2 is 2.32 bits per heavy atom. The van der Waals surface area contributed by atoms with E-state index in [-0.39, 0.29) is 0 Å². The molecule has 0 amide bonds. The monoisotopic (exact) mass is 261 g/mol. The first-order chi connectivity index (χ1) is 9.33. The summed E-state index contributed by atoms with van der Waals surface area (Å²) in [6, 6.07) is 8.64. The van der Waals surface area contributed by atoms with Gasteiger partial charge in [0, 0.05) is 6.04 Å². The van der Waals surface area contributed by atoms with E-state index in [0.29, 0.717) is 6.04 Å². The molecule has 0 spiro atoms. The second-order valence-corrected chi connectivity index (χ2v) is 4.83. The largest absolute Gasteiger partial charge is 0.501 e. The Balaban J connectivity index is 2.08. The molecule has 1 unspecified atom stereocenters. The Morgan fingerprint density at radius 1 is 1.42 bits per heavy atom. The summed E-state index contributed by atoms with van der Waals surface area (Å²) in [6.07, 6.45) is 5.16. The molecule has 1 N–H and O–H groups in total. The number of hydrogen-bond acceptors (Lipinski definition) is 3. The Morgan fingerprint density at radius 3 is 3.00 bits per heavy atom. The number of rotatable bonds is 6. The van der Waals surface area contributed by atoms with Crippen molar-refractivity contribution in [3.05, 3.63) is 41.7 Å². The third-order valence-corrected chi connectivity index (χ3v) is 3.43. The van der Waals surface area contributed by atoms with Gasteiger partial charge in [-0.1, -0.05) is 19.1 Å². The first-order valence-corrected chi connectivity index (χ1v) is 7.00. The van der Waals surface area contributed by atoms with Gasteiger partial charge >= 0.3 is 0 Å². The zero-order valence-corrected chi connectivity index (χ0v) is 11.8. The van der Waals surface area contributed by atoms with Gasteiger partial charge in [-0.25, -0.2) is 0 Å². The van der Waals surface area contributed by atoms with E-state index in [4.69, 9.17) is 9.47 Å². The number of methoxy groups -OCH3 is 1. The molecule has 0 aromatic heterocycles.